The van der Waals surface area contributed by atoms with E-state index in [2.05, 4.69) is 5.10 Å². The van der Waals surface area contributed by atoms with E-state index in [0.29, 0.717) is 6.61 Å². The molecule has 0 fully saturated rings. The van der Waals surface area contributed by atoms with Gasteiger partial charge in [-0.15, -0.1) is 0 Å². The normalized spacial score (nSPS) is 10.1. The Morgan fingerprint density at radius 3 is 2.69 bits per heavy atom. The van der Waals surface area contributed by atoms with Gasteiger partial charge in [-0.25, -0.2) is 4.68 Å². The van der Waals surface area contributed by atoms with Gasteiger partial charge in [0, 0.05) is 18.0 Å². The number of nitrogens with zero attached hydrogens (tertiary/aromatic N) is 2. The van der Waals surface area contributed by atoms with Crippen LogP contribution >= 0.6 is 0 Å². The molecular weight excluding hydrogens is 202 g/mol. The molecule has 4 heteroatoms. The molecular formula is C12H13N3O. The lowest BCUT2D eigenvalue weighted by Crippen LogP contribution is -2.04. The lowest BCUT2D eigenvalue weighted by molar-refractivity contribution is 0.325. The highest BCUT2D eigenvalue weighted by Gasteiger charge is 2.02. The molecule has 0 aliphatic rings. The average Bonchev–Trinajstić information content (AvgIpc) is 2.83. The Bertz CT molecular complexity index is 460. The van der Waals surface area contributed by atoms with Crippen LogP contribution < -0.4 is 0 Å². The minimum Gasteiger partial charge on any atom is -0.478 e. The molecule has 4 nitrogen and oxygen atoms in total. The van der Waals surface area contributed by atoms with Crippen LogP contribution in [0.25, 0.3) is 5.69 Å². The fourth-order valence-corrected chi connectivity index (χ4v) is 1.41. The Balaban J connectivity index is 2.20. The van der Waals surface area contributed by atoms with Gasteiger partial charge in [-0.3, -0.25) is 5.41 Å². The van der Waals surface area contributed by atoms with E-state index in [1.165, 1.54) is 0 Å². The highest BCUT2D eigenvalue weighted by atomic mass is 16.5. The summed E-state index contributed by atoms with van der Waals surface area (Å²) in [6.45, 7) is 2.38. The molecule has 0 spiro atoms. The number of rotatable bonds is 3. The zero-order valence-electron chi connectivity index (χ0n) is 9.05. The van der Waals surface area contributed by atoms with E-state index in [-0.39, 0.29) is 5.90 Å². The van der Waals surface area contributed by atoms with Crippen molar-refractivity contribution in [1.29, 1.82) is 5.41 Å². The molecule has 1 heterocycles. The van der Waals surface area contributed by atoms with E-state index < -0.39 is 0 Å². The van der Waals surface area contributed by atoms with E-state index in [9.17, 15) is 0 Å². The molecule has 0 saturated carbocycles. The van der Waals surface area contributed by atoms with Crippen LogP contribution in [-0.2, 0) is 4.74 Å². The summed E-state index contributed by atoms with van der Waals surface area (Å²) >= 11 is 0. The van der Waals surface area contributed by atoms with Crippen molar-refractivity contribution in [2.75, 3.05) is 6.61 Å². The van der Waals surface area contributed by atoms with Crippen LogP contribution in [-0.4, -0.2) is 22.3 Å². The summed E-state index contributed by atoms with van der Waals surface area (Å²) in [4.78, 5) is 0. The summed E-state index contributed by atoms with van der Waals surface area (Å²) in [5.74, 6) is 0.203. The second-order valence-electron chi connectivity index (χ2n) is 3.26. The first-order valence-electron chi connectivity index (χ1n) is 5.13. The zero-order valence-corrected chi connectivity index (χ0v) is 9.05. The number of nitrogens with one attached hydrogen (secondary N) is 1. The van der Waals surface area contributed by atoms with Gasteiger partial charge in [0.05, 0.1) is 12.3 Å². The third-order valence-electron chi connectivity index (χ3n) is 2.19. The molecule has 1 N–H and O–H groups in total. The summed E-state index contributed by atoms with van der Waals surface area (Å²) in [5.41, 5.74) is 1.75. The second kappa shape index (κ2) is 4.61. The molecule has 0 saturated heterocycles. The average molecular weight is 215 g/mol. The molecule has 0 unspecified atom stereocenters. The first-order valence-corrected chi connectivity index (χ1v) is 5.13. The Labute approximate surface area is 94.0 Å². The first-order chi connectivity index (χ1) is 7.81. The van der Waals surface area contributed by atoms with Crippen molar-refractivity contribution in [3.05, 3.63) is 48.3 Å². The maximum atomic E-state index is 7.63. The fraction of sp³-hybridized carbons (Fsp3) is 0.167. The van der Waals surface area contributed by atoms with Crippen molar-refractivity contribution >= 4 is 5.90 Å². The van der Waals surface area contributed by atoms with Crippen LogP contribution in [0.1, 0.15) is 12.5 Å². The lowest BCUT2D eigenvalue weighted by Gasteiger charge is -2.06. The van der Waals surface area contributed by atoms with E-state index in [1.807, 2.05) is 43.5 Å². The predicted octanol–water partition coefficient (Wildman–Crippen LogP) is 2.23. The smallest absolute Gasteiger partial charge is 0.213 e. The molecule has 0 radical (unpaired) electrons. The third-order valence-corrected chi connectivity index (χ3v) is 2.19. The summed E-state index contributed by atoms with van der Waals surface area (Å²) in [5, 5.41) is 11.8. The van der Waals surface area contributed by atoms with E-state index >= 15 is 0 Å². The van der Waals surface area contributed by atoms with Crippen LogP contribution in [0.3, 0.4) is 0 Å². The SMILES string of the molecule is CCOC(=N)c1ccc(-n2cccn2)cc1. The first kappa shape index (κ1) is 10.4. The molecule has 1 aromatic carbocycles. The number of benzene rings is 1. The van der Waals surface area contributed by atoms with Crippen LogP contribution in [0.15, 0.2) is 42.7 Å². The summed E-state index contributed by atoms with van der Waals surface area (Å²) in [6, 6.07) is 9.41. The molecule has 16 heavy (non-hydrogen) atoms. The minimum absolute atomic E-state index is 0.203. The van der Waals surface area contributed by atoms with E-state index in [4.69, 9.17) is 10.1 Å². The van der Waals surface area contributed by atoms with Gasteiger partial charge in [0.2, 0.25) is 5.90 Å². The highest BCUT2D eigenvalue weighted by Crippen LogP contribution is 2.09. The Morgan fingerprint density at radius 2 is 2.12 bits per heavy atom. The van der Waals surface area contributed by atoms with Crippen molar-refractivity contribution in [3.8, 4) is 5.69 Å². The van der Waals surface area contributed by atoms with Crippen LogP contribution in [0.2, 0.25) is 0 Å². The van der Waals surface area contributed by atoms with Crippen molar-refractivity contribution in [2.45, 2.75) is 6.92 Å². The fourth-order valence-electron chi connectivity index (χ4n) is 1.41. The van der Waals surface area contributed by atoms with Crippen molar-refractivity contribution in [1.82, 2.24) is 9.78 Å². The molecule has 2 rings (SSSR count). The van der Waals surface area contributed by atoms with Crippen LogP contribution in [0, 0.1) is 5.41 Å². The predicted molar refractivity (Wildman–Crippen MR) is 62.0 cm³/mol. The molecule has 0 aliphatic heterocycles. The number of ether oxygens (including phenoxy) is 1. The Morgan fingerprint density at radius 1 is 1.38 bits per heavy atom. The maximum absolute atomic E-state index is 7.63. The van der Waals surface area contributed by atoms with Crippen molar-refractivity contribution < 1.29 is 4.74 Å². The monoisotopic (exact) mass is 215 g/mol. The second-order valence-corrected chi connectivity index (χ2v) is 3.26. The van der Waals surface area contributed by atoms with Crippen molar-refractivity contribution in [3.63, 3.8) is 0 Å². The maximum Gasteiger partial charge on any atom is 0.213 e. The molecule has 0 atom stereocenters. The molecule has 1 aromatic heterocycles. The molecule has 0 aliphatic carbocycles. The van der Waals surface area contributed by atoms with Gasteiger partial charge >= 0.3 is 0 Å². The standard InChI is InChI=1S/C12H13N3O/c1-2-16-12(13)10-4-6-11(7-5-10)15-9-3-8-14-15/h3-9,13H,2H2,1H3. The lowest BCUT2D eigenvalue weighted by atomic mass is 10.2. The van der Waals surface area contributed by atoms with E-state index in [1.54, 1.807) is 10.9 Å². The molecule has 2 aromatic rings. The molecule has 82 valence electrons. The quantitative estimate of drug-likeness (QED) is 0.630. The molecule has 0 amide bonds. The van der Waals surface area contributed by atoms with Gasteiger partial charge in [0.15, 0.2) is 0 Å². The van der Waals surface area contributed by atoms with Crippen LogP contribution in [0.5, 0.6) is 0 Å². The summed E-state index contributed by atoms with van der Waals surface area (Å²) in [6.07, 6.45) is 3.61. The zero-order chi connectivity index (χ0) is 11.4. The van der Waals surface area contributed by atoms with Crippen LogP contribution in [0.4, 0.5) is 0 Å². The van der Waals surface area contributed by atoms with E-state index in [0.717, 1.165) is 11.3 Å². The topological polar surface area (TPSA) is 50.9 Å². The highest BCUT2D eigenvalue weighted by molar-refractivity contribution is 5.91. The number of hydrogen-bond donors (Lipinski definition) is 1. The number of hydrogen-bond acceptors (Lipinski definition) is 3. The van der Waals surface area contributed by atoms with Gasteiger partial charge < -0.3 is 4.74 Å². The Kier molecular flexibility index (Phi) is 3.00. The third kappa shape index (κ3) is 2.11. The summed E-state index contributed by atoms with van der Waals surface area (Å²) < 4.78 is 6.89. The van der Waals surface area contributed by atoms with Crippen molar-refractivity contribution in [2.24, 2.45) is 0 Å². The van der Waals surface area contributed by atoms with Gasteiger partial charge in [0.1, 0.15) is 0 Å². The van der Waals surface area contributed by atoms with Gasteiger partial charge in [-0.05, 0) is 37.3 Å². The van der Waals surface area contributed by atoms with Gasteiger partial charge in [-0.1, -0.05) is 0 Å². The molecule has 0 bridgehead atoms. The van der Waals surface area contributed by atoms with Gasteiger partial charge in [0.25, 0.3) is 0 Å². The summed E-state index contributed by atoms with van der Waals surface area (Å²) in [7, 11) is 0. The largest absolute Gasteiger partial charge is 0.478 e. The Hall–Kier alpha value is -2.10. The number of aromatic nitrogens is 2. The minimum atomic E-state index is 0.203. The van der Waals surface area contributed by atoms with Gasteiger partial charge in [-0.2, -0.15) is 5.10 Å².